The molecule has 2 rings (SSSR count). The number of carboxylic acid groups (broad SMARTS) is 1. The number of hydrogen-bond donors (Lipinski definition) is 1. The van der Waals surface area contributed by atoms with Crippen molar-refractivity contribution in [2.75, 3.05) is 0 Å². The zero-order valence-electron chi connectivity index (χ0n) is 9.00. The molecule has 17 heavy (non-hydrogen) atoms. The molecule has 0 unspecified atom stereocenters. The summed E-state index contributed by atoms with van der Waals surface area (Å²) in [5.74, 6) is 0.306. The van der Waals surface area contributed by atoms with Crippen LogP contribution in [-0.4, -0.2) is 26.2 Å². The average molecular weight is 253 g/mol. The van der Waals surface area contributed by atoms with Crippen LogP contribution >= 0.6 is 11.3 Å². The van der Waals surface area contributed by atoms with Crippen LogP contribution in [0.25, 0.3) is 10.7 Å². The van der Waals surface area contributed by atoms with Crippen LogP contribution in [0.2, 0.25) is 0 Å². The number of aryl methyl sites for hydroxylation is 1. The van der Waals surface area contributed by atoms with Gasteiger partial charge in [0, 0.05) is 19.0 Å². The molecule has 0 saturated heterocycles. The normalized spacial score (nSPS) is 10.6. The van der Waals surface area contributed by atoms with Crippen molar-refractivity contribution >= 4 is 17.3 Å². The van der Waals surface area contributed by atoms with Gasteiger partial charge in [0.25, 0.3) is 0 Å². The first kappa shape index (κ1) is 11.7. The van der Waals surface area contributed by atoms with E-state index in [4.69, 9.17) is 9.63 Å². The molecule has 90 valence electrons. The maximum atomic E-state index is 10.3. The zero-order valence-corrected chi connectivity index (χ0v) is 9.81. The third kappa shape index (κ3) is 3.35. The van der Waals surface area contributed by atoms with Crippen LogP contribution in [-0.2, 0) is 11.2 Å². The topological polar surface area (TPSA) is 89.1 Å². The van der Waals surface area contributed by atoms with Gasteiger partial charge in [0.2, 0.25) is 11.7 Å². The standard InChI is InChI=1S/C10H11N3O3S/c14-9(15)4-2-1-3-8-12-10(13-16-8)7-5-11-6-17-7/h5-6H,1-4H2,(H,14,15). The minimum absolute atomic E-state index is 0.176. The minimum Gasteiger partial charge on any atom is -0.481 e. The third-order valence-corrected chi connectivity index (χ3v) is 2.92. The van der Waals surface area contributed by atoms with Gasteiger partial charge in [-0.2, -0.15) is 4.98 Å². The SMILES string of the molecule is O=C(O)CCCCc1nc(-c2cncs2)no1. The van der Waals surface area contributed by atoms with Crippen LogP contribution < -0.4 is 0 Å². The van der Waals surface area contributed by atoms with Crippen molar-refractivity contribution in [3.8, 4) is 10.7 Å². The summed E-state index contributed by atoms with van der Waals surface area (Å²) < 4.78 is 5.07. The van der Waals surface area contributed by atoms with Gasteiger partial charge in [0.15, 0.2) is 0 Å². The van der Waals surface area contributed by atoms with Crippen LogP contribution in [0.3, 0.4) is 0 Å². The van der Waals surface area contributed by atoms with Gasteiger partial charge < -0.3 is 9.63 Å². The fraction of sp³-hybridized carbons (Fsp3) is 0.400. The minimum atomic E-state index is -0.777. The fourth-order valence-electron chi connectivity index (χ4n) is 1.34. The molecule has 0 spiro atoms. The quantitative estimate of drug-likeness (QED) is 0.792. The second kappa shape index (κ2) is 5.53. The van der Waals surface area contributed by atoms with Crippen molar-refractivity contribution in [3.05, 3.63) is 17.6 Å². The van der Waals surface area contributed by atoms with E-state index in [-0.39, 0.29) is 6.42 Å². The highest BCUT2D eigenvalue weighted by atomic mass is 32.1. The van der Waals surface area contributed by atoms with Gasteiger partial charge in [-0.25, -0.2) is 0 Å². The lowest BCUT2D eigenvalue weighted by atomic mass is 10.2. The number of carbonyl (C=O) groups is 1. The van der Waals surface area contributed by atoms with Crippen molar-refractivity contribution < 1.29 is 14.4 Å². The number of rotatable bonds is 6. The molecule has 0 aliphatic heterocycles. The van der Waals surface area contributed by atoms with Crippen molar-refractivity contribution in [3.63, 3.8) is 0 Å². The van der Waals surface area contributed by atoms with Crippen molar-refractivity contribution in [1.29, 1.82) is 0 Å². The molecule has 0 amide bonds. The maximum Gasteiger partial charge on any atom is 0.303 e. The lowest BCUT2D eigenvalue weighted by Gasteiger charge is -1.92. The molecular weight excluding hydrogens is 242 g/mol. The molecule has 0 bridgehead atoms. The van der Waals surface area contributed by atoms with Gasteiger partial charge in [-0.3, -0.25) is 9.78 Å². The molecule has 0 atom stereocenters. The van der Waals surface area contributed by atoms with Crippen LogP contribution in [0.5, 0.6) is 0 Å². The molecular formula is C10H11N3O3S. The number of aliphatic carboxylic acids is 1. The molecule has 0 aliphatic rings. The van der Waals surface area contributed by atoms with E-state index in [0.29, 0.717) is 24.6 Å². The molecule has 0 saturated carbocycles. The highest BCUT2D eigenvalue weighted by Gasteiger charge is 2.09. The molecule has 0 aliphatic carbocycles. The number of hydrogen-bond acceptors (Lipinski definition) is 6. The summed E-state index contributed by atoms with van der Waals surface area (Å²) >= 11 is 1.45. The van der Waals surface area contributed by atoms with E-state index in [0.717, 1.165) is 11.3 Å². The monoisotopic (exact) mass is 253 g/mol. The Labute approximate surface area is 101 Å². The Bertz CT molecular complexity index is 481. The average Bonchev–Trinajstić information content (AvgIpc) is 2.94. The van der Waals surface area contributed by atoms with Gasteiger partial charge in [-0.1, -0.05) is 5.16 Å². The van der Waals surface area contributed by atoms with E-state index >= 15 is 0 Å². The van der Waals surface area contributed by atoms with Crippen LogP contribution in [0.4, 0.5) is 0 Å². The summed E-state index contributed by atoms with van der Waals surface area (Å²) in [7, 11) is 0. The van der Waals surface area contributed by atoms with Crippen LogP contribution in [0.15, 0.2) is 16.2 Å². The van der Waals surface area contributed by atoms with Crippen LogP contribution in [0.1, 0.15) is 25.2 Å². The molecule has 7 heteroatoms. The van der Waals surface area contributed by atoms with Crippen molar-refractivity contribution in [1.82, 2.24) is 15.1 Å². The Hall–Kier alpha value is -1.76. The van der Waals surface area contributed by atoms with E-state index in [1.165, 1.54) is 11.3 Å². The molecule has 0 radical (unpaired) electrons. The lowest BCUT2D eigenvalue weighted by molar-refractivity contribution is -0.137. The second-order valence-corrected chi connectivity index (χ2v) is 4.36. The predicted molar refractivity (Wildman–Crippen MR) is 60.6 cm³/mol. The van der Waals surface area contributed by atoms with Gasteiger partial charge in [-0.05, 0) is 12.8 Å². The molecule has 1 N–H and O–H groups in total. The summed E-state index contributed by atoms with van der Waals surface area (Å²) in [6.45, 7) is 0. The molecule has 2 heterocycles. The van der Waals surface area contributed by atoms with E-state index in [9.17, 15) is 4.79 Å². The molecule has 2 aromatic heterocycles. The molecule has 0 fully saturated rings. The fourth-order valence-corrected chi connectivity index (χ4v) is 1.88. The first-order valence-corrected chi connectivity index (χ1v) is 6.07. The van der Waals surface area contributed by atoms with Crippen molar-refractivity contribution in [2.24, 2.45) is 0 Å². The Morgan fingerprint density at radius 3 is 3.06 bits per heavy atom. The highest BCUT2D eigenvalue weighted by molar-refractivity contribution is 7.13. The Morgan fingerprint density at radius 2 is 2.35 bits per heavy atom. The predicted octanol–water partition coefficient (Wildman–Crippen LogP) is 1.99. The largest absolute Gasteiger partial charge is 0.481 e. The number of thiazole rings is 1. The zero-order chi connectivity index (χ0) is 12.1. The van der Waals surface area contributed by atoms with E-state index in [2.05, 4.69) is 15.1 Å². The molecule has 2 aromatic rings. The third-order valence-electron chi connectivity index (χ3n) is 2.15. The summed E-state index contributed by atoms with van der Waals surface area (Å²) in [6, 6.07) is 0. The number of nitrogens with zero attached hydrogens (tertiary/aromatic N) is 3. The van der Waals surface area contributed by atoms with Gasteiger partial charge >= 0.3 is 5.97 Å². The molecule has 0 aromatic carbocycles. The van der Waals surface area contributed by atoms with E-state index < -0.39 is 5.97 Å². The highest BCUT2D eigenvalue weighted by Crippen LogP contribution is 2.19. The molecule has 6 nitrogen and oxygen atoms in total. The Balaban J connectivity index is 1.84. The summed E-state index contributed by atoms with van der Waals surface area (Å²) in [5.41, 5.74) is 1.71. The van der Waals surface area contributed by atoms with E-state index in [1.54, 1.807) is 11.7 Å². The Kier molecular flexibility index (Phi) is 3.81. The van der Waals surface area contributed by atoms with Crippen LogP contribution in [0, 0.1) is 0 Å². The van der Waals surface area contributed by atoms with Gasteiger partial charge in [0.05, 0.1) is 10.4 Å². The van der Waals surface area contributed by atoms with Crippen molar-refractivity contribution in [2.45, 2.75) is 25.7 Å². The first-order chi connectivity index (χ1) is 8.25. The second-order valence-electron chi connectivity index (χ2n) is 3.48. The van der Waals surface area contributed by atoms with E-state index in [1.807, 2.05) is 0 Å². The maximum absolute atomic E-state index is 10.3. The summed E-state index contributed by atoms with van der Waals surface area (Å²) in [6.07, 6.45) is 3.82. The summed E-state index contributed by atoms with van der Waals surface area (Å²) in [5, 5.41) is 12.3. The summed E-state index contributed by atoms with van der Waals surface area (Å²) in [4.78, 5) is 19.3. The number of carboxylic acids is 1. The lowest BCUT2D eigenvalue weighted by Crippen LogP contribution is -1.95. The number of unbranched alkanes of at least 4 members (excludes halogenated alkanes) is 1. The first-order valence-electron chi connectivity index (χ1n) is 5.19. The van der Waals surface area contributed by atoms with Gasteiger partial charge in [0.1, 0.15) is 0 Å². The number of aromatic nitrogens is 3. The van der Waals surface area contributed by atoms with Gasteiger partial charge in [-0.15, -0.1) is 11.3 Å². The Morgan fingerprint density at radius 1 is 1.47 bits per heavy atom. The smallest absolute Gasteiger partial charge is 0.303 e.